The topological polar surface area (TPSA) is 42.0 Å². The number of hydrogen-bond donors (Lipinski definition) is 0. The Morgan fingerprint density at radius 2 is 1.61 bits per heavy atom. The number of halogens is 6. The lowest BCUT2D eigenvalue weighted by Crippen LogP contribution is -2.47. The van der Waals surface area contributed by atoms with Crippen LogP contribution in [0.1, 0.15) is 36.0 Å². The van der Waals surface area contributed by atoms with Crippen LogP contribution in [-0.2, 0) is 33.2 Å². The Bertz CT molecular complexity index is 821. The average molecular weight is 480 g/mol. The Balaban J connectivity index is 1.37. The summed E-state index contributed by atoms with van der Waals surface area (Å²) in [5.41, 5.74) is -2.92. The van der Waals surface area contributed by atoms with Crippen molar-refractivity contribution in [3.63, 3.8) is 0 Å². The second-order valence-corrected chi connectivity index (χ2v) is 9.00. The number of nitrogens with zero attached hydrogens (tertiary/aromatic N) is 2. The minimum Gasteiger partial charge on any atom is -0.379 e. The molecule has 3 aliphatic rings. The molecule has 3 aliphatic heterocycles. The van der Waals surface area contributed by atoms with Crippen molar-refractivity contribution >= 4 is 5.91 Å². The van der Waals surface area contributed by atoms with E-state index in [0.717, 1.165) is 26.1 Å². The molecule has 184 valence electrons. The third-order valence-electron chi connectivity index (χ3n) is 6.52. The lowest BCUT2D eigenvalue weighted by atomic mass is 9.90. The standard InChI is InChI=1S/C22H26F6N2O3/c23-21(24,25)16-5-15(6-17(9-16)22(26,27)28)13-33-19-10-18-7-14(8-20(31)30(18)12-19)11-29-1-3-32-4-2-29/h5-6,9,14,18-19H,1-4,7-8,10-13H2. The molecule has 5 nitrogen and oxygen atoms in total. The molecule has 1 aromatic rings. The van der Waals surface area contributed by atoms with Crippen molar-refractivity contribution in [2.45, 2.75) is 50.4 Å². The zero-order valence-corrected chi connectivity index (χ0v) is 17.9. The Morgan fingerprint density at radius 1 is 0.970 bits per heavy atom. The molecule has 0 N–H and O–H groups in total. The van der Waals surface area contributed by atoms with Gasteiger partial charge in [0.15, 0.2) is 0 Å². The van der Waals surface area contributed by atoms with Crippen LogP contribution in [0, 0.1) is 5.92 Å². The highest BCUT2D eigenvalue weighted by Gasteiger charge is 2.42. The molecule has 3 heterocycles. The quantitative estimate of drug-likeness (QED) is 0.599. The fourth-order valence-electron chi connectivity index (χ4n) is 4.96. The number of alkyl halides is 6. The van der Waals surface area contributed by atoms with Crippen molar-refractivity contribution in [3.8, 4) is 0 Å². The number of carbonyl (C=O) groups is 1. The number of benzene rings is 1. The van der Waals surface area contributed by atoms with Crippen molar-refractivity contribution in [2.24, 2.45) is 5.92 Å². The number of fused-ring (bicyclic) bond motifs is 1. The van der Waals surface area contributed by atoms with Gasteiger partial charge >= 0.3 is 12.4 Å². The SMILES string of the molecule is O=C1CC(CN2CCOCC2)CC2CC(OCc3cc(C(F)(F)F)cc(C(F)(F)F)c3)CN12. The number of ether oxygens (including phenoxy) is 2. The van der Waals surface area contributed by atoms with E-state index in [0.29, 0.717) is 44.7 Å². The van der Waals surface area contributed by atoms with Crippen molar-refractivity contribution in [2.75, 3.05) is 39.4 Å². The highest BCUT2D eigenvalue weighted by atomic mass is 19.4. The van der Waals surface area contributed by atoms with Crippen LogP contribution in [0.5, 0.6) is 0 Å². The van der Waals surface area contributed by atoms with Gasteiger partial charge in [-0.2, -0.15) is 26.3 Å². The van der Waals surface area contributed by atoms with E-state index in [1.54, 1.807) is 4.90 Å². The van der Waals surface area contributed by atoms with Crippen LogP contribution in [-0.4, -0.2) is 67.2 Å². The van der Waals surface area contributed by atoms with Crippen molar-refractivity contribution in [3.05, 3.63) is 34.9 Å². The van der Waals surface area contributed by atoms with Crippen molar-refractivity contribution in [1.82, 2.24) is 9.80 Å². The van der Waals surface area contributed by atoms with Crippen LogP contribution in [0.4, 0.5) is 26.3 Å². The number of piperidine rings is 1. The summed E-state index contributed by atoms with van der Waals surface area (Å²) < 4.78 is 89.4. The van der Waals surface area contributed by atoms with E-state index >= 15 is 0 Å². The fraction of sp³-hybridized carbons (Fsp3) is 0.682. The maximum absolute atomic E-state index is 13.1. The first-order valence-electron chi connectivity index (χ1n) is 11.0. The predicted octanol–water partition coefficient (Wildman–Crippen LogP) is 3.95. The van der Waals surface area contributed by atoms with Crippen LogP contribution in [0.2, 0.25) is 0 Å². The van der Waals surface area contributed by atoms with Gasteiger partial charge in [-0.1, -0.05) is 0 Å². The van der Waals surface area contributed by atoms with Gasteiger partial charge in [0.2, 0.25) is 5.91 Å². The summed E-state index contributed by atoms with van der Waals surface area (Å²) in [4.78, 5) is 16.7. The third-order valence-corrected chi connectivity index (χ3v) is 6.52. The van der Waals surface area contributed by atoms with E-state index < -0.39 is 29.6 Å². The zero-order valence-electron chi connectivity index (χ0n) is 17.9. The Morgan fingerprint density at radius 3 is 2.21 bits per heavy atom. The molecule has 0 radical (unpaired) electrons. The van der Waals surface area contributed by atoms with Gasteiger partial charge in [-0.05, 0) is 42.5 Å². The molecule has 11 heteroatoms. The lowest BCUT2D eigenvalue weighted by molar-refractivity contribution is -0.143. The largest absolute Gasteiger partial charge is 0.416 e. The maximum Gasteiger partial charge on any atom is 0.416 e. The highest BCUT2D eigenvalue weighted by Crippen LogP contribution is 2.37. The van der Waals surface area contributed by atoms with E-state index in [-0.39, 0.29) is 36.1 Å². The molecular weight excluding hydrogens is 454 g/mol. The molecule has 0 saturated carbocycles. The van der Waals surface area contributed by atoms with Gasteiger partial charge in [0, 0.05) is 38.6 Å². The van der Waals surface area contributed by atoms with Gasteiger partial charge in [0.05, 0.1) is 37.1 Å². The van der Waals surface area contributed by atoms with Crippen molar-refractivity contribution in [1.29, 1.82) is 0 Å². The van der Waals surface area contributed by atoms with Gasteiger partial charge in [-0.25, -0.2) is 0 Å². The van der Waals surface area contributed by atoms with Crippen LogP contribution in [0.25, 0.3) is 0 Å². The van der Waals surface area contributed by atoms with Crippen molar-refractivity contribution < 1.29 is 40.6 Å². The van der Waals surface area contributed by atoms with Crippen LogP contribution in [0.15, 0.2) is 18.2 Å². The van der Waals surface area contributed by atoms with Crippen LogP contribution >= 0.6 is 0 Å². The van der Waals surface area contributed by atoms with Gasteiger partial charge < -0.3 is 14.4 Å². The molecule has 3 saturated heterocycles. The first kappa shape index (κ1) is 24.3. The maximum atomic E-state index is 13.1. The molecular formula is C22H26F6N2O3. The molecule has 33 heavy (non-hydrogen) atoms. The highest BCUT2D eigenvalue weighted by molar-refractivity contribution is 5.78. The summed E-state index contributed by atoms with van der Waals surface area (Å²) in [5.74, 6) is 0.238. The molecule has 1 amide bonds. The van der Waals surface area contributed by atoms with Gasteiger partial charge in [-0.15, -0.1) is 0 Å². The average Bonchev–Trinajstić information content (AvgIpc) is 3.15. The number of hydrogen-bond acceptors (Lipinski definition) is 4. The van der Waals surface area contributed by atoms with E-state index in [1.165, 1.54) is 0 Å². The van der Waals surface area contributed by atoms with E-state index in [1.807, 2.05) is 0 Å². The molecule has 0 bridgehead atoms. The smallest absolute Gasteiger partial charge is 0.379 e. The molecule has 0 spiro atoms. The number of morpholine rings is 1. The van der Waals surface area contributed by atoms with Gasteiger partial charge in [-0.3, -0.25) is 9.69 Å². The minimum absolute atomic E-state index is 0.0189. The Labute approximate surface area is 187 Å². The Kier molecular flexibility index (Phi) is 6.93. The summed E-state index contributed by atoms with van der Waals surface area (Å²) >= 11 is 0. The molecule has 4 rings (SSSR count). The lowest BCUT2D eigenvalue weighted by Gasteiger charge is -2.37. The van der Waals surface area contributed by atoms with E-state index in [2.05, 4.69) is 4.90 Å². The second-order valence-electron chi connectivity index (χ2n) is 9.00. The summed E-state index contributed by atoms with van der Waals surface area (Å²) in [5, 5.41) is 0. The van der Waals surface area contributed by atoms with Crippen LogP contribution in [0.3, 0.4) is 0 Å². The molecule has 3 unspecified atom stereocenters. The summed E-state index contributed by atoms with van der Waals surface area (Å²) in [6, 6.07) is 1.45. The molecule has 0 aromatic heterocycles. The first-order chi connectivity index (χ1) is 15.5. The number of amides is 1. The number of carbonyl (C=O) groups excluding carboxylic acids is 1. The monoisotopic (exact) mass is 480 g/mol. The zero-order chi connectivity index (χ0) is 23.8. The summed E-state index contributed by atoms with van der Waals surface area (Å²) in [6.45, 7) is 3.76. The Hall–Kier alpha value is -1.85. The molecule has 0 aliphatic carbocycles. The van der Waals surface area contributed by atoms with E-state index in [9.17, 15) is 31.1 Å². The normalized spacial score (nSPS) is 27.2. The minimum atomic E-state index is -4.90. The fourth-order valence-corrected chi connectivity index (χ4v) is 4.96. The van der Waals surface area contributed by atoms with Crippen LogP contribution < -0.4 is 0 Å². The third kappa shape index (κ3) is 5.99. The predicted molar refractivity (Wildman–Crippen MR) is 105 cm³/mol. The molecule has 3 fully saturated rings. The van der Waals surface area contributed by atoms with Gasteiger partial charge in [0.1, 0.15) is 0 Å². The molecule has 3 atom stereocenters. The van der Waals surface area contributed by atoms with Gasteiger partial charge in [0.25, 0.3) is 0 Å². The molecule has 1 aromatic carbocycles. The summed E-state index contributed by atoms with van der Waals surface area (Å²) in [6.07, 6.45) is -8.45. The number of rotatable bonds is 5. The van der Waals surface area contributed by atoms with E-state index in [4.69, 9.17) is 9.47 Å². The second kappa shape index (κ2) is 9.42. The first-order valence-corrected chi connectivity index (χ1v) is 11.0. The summed E-state index contributed by atoms with van der Waals surface area (Å²) in [7, 11) is 0.